The molecule has 4 heteroatoms. The summed E-state index contributed by atoms with van der Waals surface area (Å²) in [4.78, 5) is 11.7. The number of hydrogen-bond donors (Lipinski definition) is 2. The van der Waals surface area contributed by atoms with Crippen molar-refractivity contribution in [2.75, 3.05) is 0 Å². The maximum absolute atomic E-state index is 11.7. The molecule has 1 unspecified atom stereocenters. The lowest BCUT2D eigenvalue weighted by atomic mass is 10.0. The SMILES string of the molecule is CCC(NC(=O)[C@H](N)CC)c1ccc(Cl)cc1. The van der Waals surface area contributed by atoms with E-state index in [1.54, 1.807) is 0 Å². The zero-order chi connectivity index (χ0) is 12.8. The Morgan fingerprint density at radius 1 is 1.29 bits per heavy atom. The second-order valence-electron chi connectivity index (χ2n) is 4.04. The summed E-state index contributed by atoms with van der Waals surface area (Å²) < 4.78 is 0. The third kappa shape index (κ3) is 4.02. The number of hydrogen-bond acceptors (Lipinski definition) is 2. The van der Waals surface area contributed by atoms with Crippen LogP contribution in [0.2, 0.25) is 5.02 Å². The molecule has 1 aromatic carbocycles. The fourth-order valence-electron chi connectivity index (χ4n) is 1.58. The van der Waals surface area contributed by atoms with Gasteiger partial charge in [0.15, 0.2) is 0 Å². The van der Waals surface area contributed by atoms with E-state index in [-0.39, 0.29) is 11.9 Å². The Morgan fingerprint density at radius 2 is 1.88 bits per heavy atom. The van der Waals surface area contributed by atoms with E-state index in [9.17, 15) is 4.79 Å². The van der Waals surface area contributed by atoms with Gasteiger partial charge in [0.05, 0.1) is 12.1 Å². The number of carbonyl (C=O) groups is 1. The van der Waals surface area contributed by atoms with E-state index in [0.717, 1.165) is 12.0 Å². The van der Waals surface area contributed by atoms with E-state index >= 15 is 0 Å². The molecule has 17 heavy (non-hydrogen) atoms. The maximum Gasteiger partial charge on any atom is 0.237 e. The molecule has 1 rings (SSSR count). The Labute approximate surface area is 107 Å². The smallest absolute Gasteiger partial charge is 0.237 e. The molecule has 0 aliphatic carbocycles. The van der Waals surface area contributed by atoms with Crippen molar-refractivity contribution in [1.82, 2.24) is 5.32 Å². The minimum absolute atomic E-state index is 0.00244. The van der Waals surface area contributed by atoms with Crippen molar-refractivity contribution < 1.29 is 4.79 Å². The molecule has 2 atom stereocenters. The summed E-state index contributed by atoms with van der Waals surface area (Å²) in [6.07, 6.45) is 1.46. The van der Waals surface area contributed by atoms with Crippen molar-refractivity contribution in [3.63, 3.8) is 0 Å². The van der Waals surface area contributed by atoms with Crippen LogP contribution in [0.4, 0.5) is 0 Å². The van der Waals surface area contributed by atoms with Crippen LogP contribution < -0.4 is 11.1 Å². The highest BCUT2D eigenvalue weighted by molar-refractivity contribution is 6.30. The minimum atomic E-state index is -0.434. The lowest BCUT2D eigenvalue weighted by Gasteiger charge is -2.19. The summed E-state index contributed by atoms with van der Waals surface area (Å²) in [5.41, 5.74) is 6.74. The Bertz CT molecular complexity index is 364. The molecule has 0 aliphatic rings. The number of carbonyl (C=O) groups excluding carboxylic acids is 1. The molecule has 0 spiro atoms. The molecule has 0 saturated heterocycles. The van der Waals surface area contributed by atoms with Crippen molar-refractivity contribution in [3.8, 4) is 0 Å². The number of halogens is 1. The van der Waals surface area contributed by atoms with Gasteiger partial charge in [-0.05, 0) is 30.5 Å². The lowest BCUT2D eigenvalue weighted by Crippen LogP contribution is -2.41. The largest absolute Gasteiger partial charge is 0.348 e. The van der Waals surface area contributed by atoms with Gasteiger partial charge in [-0.15, -0.1) is 0 Å². The van der Waals surface area contributed by atoms with Gasteiger partial charge in [-0.1, -0.05) is 37.6 Å². The first-order valence-electron chi connectivity index (χ1n) is 5.89. The fourth-order valence-corrected chi connectivity index (χ4v) is 1.71. The number of amides is 1. The van der Waals surface area contributed by atoms with Crippen LogP contribution in [-0.4, -0.2) is 11.9 Å². The van der Waals surface area contributed by atoms with E-state index in [1.165, 1.54) is 0 Å². The molecular weight excluding hydrogens is 236 g/mol. The minimum Gasteiger partial charge on any atom is -0.348 e. The van der Waals surface area contributed by atoms with Crippen LogP contribution in [0.1, 0.15) is 38.3 Å². The average molecular weight is 255 g/mol. The molecule has 0 radical (unpaired) electrons. The van der Waals surface area contributed by atoms with Gasteiger partial charge in [-0.3, -0.25) is 4.79 Å². The zero-order valence-corrected chi connectivity index (χ0v) is 11.0. The van der Waals surface area contributed by atoms with Crippen LogP contribution >= 0.6 is 11.6 Å². The van der Waals surface area contributed by atoms with Crippen molar-refractivity contribution >= 4 is 17.5 Å². The third-order valence-electron chi connectivity index (χ3n) is 2.77. The maximum atomic E-state index is 11.7. The normalized spacial score (nSPS) is 14.1. The molecule has 0 saturated carbocycles. The van der Waals surface area contributed by atoms with Gasteiger partial charge in [0.25, 0.3) is 0 Å². The van der Waals surface area contributed by atoms with Crippen LogP contribution in [0, 0.1) is 0 Å². The van der Waals surface area contributed by atoms with E-state index in [4.69, 9.17) is 17.3 Å². The molecule has 0 fully saturated rings. The first-order chi connectivity index (χ1) is 8.08. The second kappa shape index (κ2) is 6.62. The molecule has 1 amide bonds. The van der Waals surface area contributed by atoms with Crippen LogP contribution in [0.5, 0.6) is 0 Å². The highest BCUT2D eigenvalue weighted by Gasteiger charge is 2.16. The molecule has 0 aromatic heterocycles. The van der Waals surface area contributed by atoms with Gasteiger partial charge in [0.2, 0.25) is 5.91 Å². The summed E-state index contributed by atoms with van der Waals surface area (Å²) in [5.74, 6) is -0.103. The standard InChI is InChI=1S/C13H19ClN2O/c1-3-11(15)13(17)16-12(4-2)9-5-7-10(14)8-6-9/h5-8,11-12H,3-4,15H2,1-2H3,(H,16,17)/t11-,12?/m1/s1. The van der Waals surface area contributed by atoms with Gasteiger partial charge >= 0.3 is 0 Å². The molecule has 3 N–H and O–H groups in total. The molecular formula is C13H19ClN2O. The summed E-state index contributed by atoms with van der Waals surface area (Å²) in [7, 11) is 0. The van der Waals surface area contributed by atoms with E-state index in [1.807, 2.05) is 38.1 Å². The molecule has 0 heterocycles. The van der Waals surface area contributed by atoms with Crippen LogP contribution in [0.15, 0.2) is 24.3 Å². The molecule has 94 valence electrons. The number of nitrogens with two attached hydrogens (primary N) is 1. The molecule has 0 aliphatic heterocycles. The van der Waals surface area contributed by atoms with Gasteiger partial charge in [0, 0.05) is 5.02 Å². The Morgan fingerprint density at radius 3 is 2.35 bits per heavy atom. The second-order valence-corrected chi connectivity index (χ2v) is 4.47. The van der Waals surface area contributed by atoms with Gasteiger partial charge in [-0.25, -0.2) is 0 Å². The molecule has 0 bridgehead atoms. The lowest BCUT2D eigenvalue weighted by molar-refractivity contribution is -0.123. The average Bonchev–Trinajstić information content (AvgIpc) is 2.35. The topological polar surface area (TPSA) is 55.1 Å². The van der Waals surface area contributed by atoms with Crippen molar-refractivity contribution in [1.29, 1.82) is 0 Å². The zero-order valence-electron chi connectivity index (χ0n) is 10.2. The summed E-state index contributed by atoms with van der Waals surface area (Å²) in [6, 6.07) is 7.06. The predicted octanol–water partition coefficient (Wildman–Crippen LogP) is 2.64. The number of benzene rings is 1. The number of rotatable bonds is 5. The fraction of sp³-hybridized carbons (Fsp3) is 0.462. The highest BCUT2D eigenvalue weighted by Crippen LogP contribution is 2.19. The van der Waals surface area contributed by atoms with E-state index in [0.29, 0.717) is 11.4 Å². The Balaban J connectivity index is 2.72. The highest BCUT2D eigenvalue weighted by atomic mass is 35.5. The third-order valence-corrected chi connectivity index (χ3v) is 3.03. The summed E-state index contributed by atoms with van der Waals surface area (Å²) >= 11 is 5.83. The Kier molecular flexibility index (Phi) is 5.45. The van der Waals surface area contributed by atoms with Crippen molar-refractivity contribution in [3.05, 3.63) is 34.9 Å². The van der Waals surface area contributed by atoms with Crippen LogP contribution in [0.25, 0.3) is 0 Å². The monoisotopic (exact) mass is 254 g/mol. The Hall–Kier alpha value is -1.06. The molecule has 1 aromatic rings. The van der Waals surface area contributed by atoms with E-state index in [2.05, 4.69) is 5.32 Å². The quantitative estimate of drug-likeness (QED) is 0.849. The molecule has 3 nitrogen and oxygen atoms in total. The van der Waals surface area contributed by atoms with Crippen molar-refractivity contribution in [2.24, 2.45) is 5.73 Å². The van der Waals surface area contributed by atoms with Gasteiger partial charge < -0.3 is 11.1 Å². The first kappa shape index (κ1) is 14.0. The van der Waals surface area contributed by atoms with Gasteiger partial charge in [0.1, 0.15) is 0 Å². The van der Waals surface area contributed by atoms with Crippen LogP contribution in [0.3, 0.4) is 0 Å². The summed E-state index contributed by atoms with van der Waals surface area (Å²) in [6.45, 7) is 3.92. The van der Waals surface area contributed by atoms with Crippen LogP contribution in [-0.2, 0) is 4.79 Å². The predicted molar refractivity (Wildman–Crippen MR) is 70.9 cm³/mol. The van der Waals surface area contributed by atoms with Gasteiger partial charge in [-0.2, -0.15) is 0 Å². The van der Waals surface area contributed by atoms with Crippen molar-refractivity contribution in [2.45, 2.75) is 38.8 Å². The first-order valence-corrected chi connectivity index (χ1v) is 6.27. The summed E-state index contributed by atoms with van der Waals surface area (Å²) in [5, 5.41) is 3.64. The number of nitrogens with one attached hydrogen (secondary N) is 1. The van der Waals surface area contributed by atoms with E-state index < -0.39 is 6.04 Å².